The summed E-state index contributed by atoms with van der Waals surface area (Å²) in [6, 6.07) is 16.2. The van der Waals surface area contributed by atoms with Crippen molar-refractivity contribution in [2.45, 2.75) is 32.6 Å². The number of carbonyl (C=O) groups is 2. The number of azide groups is 1. The number of anilines is 4. The fourth-order valence-corrected chi connectivity index (χ4v) is 4.27. The summed E-state index contributed by atoms with van der Waals surface area (Å²) < 4.78 is 22.0. The van der Waals surface area contributed by atoms with Gasteiger partial charge in [-0.15, -0.1) is 0 Å². The Bertz CT molecular complexity index is 1440. The molecule has 50 heavy (non-hydrogen) atoms. The predicted octanol–water partition coefficient (Wildman–Crippen LogP) is 5.01. The van der Waals surface area contributed by atoms with E-state index in [1.165, 1.54) is 0 Å². The molecule has 2 aromatic carbocycles. The van der Waals surface area contributed by atoms with Gasteiger partial charge in [-0.3, -0.25) is 9.59 Å². The molecule has 16 heteroatoms. The molecule has 4 N–H and O–H groups in total. The average molecular weight is 693 g/mol. The second-order valence-electron chi connectivity index (χ2n) is 10.8. The summed E-state index contributed by atoms with van der Waals surface area (Å²) in [7, 11) is 0. The van der Waals surface area contributed by atoms with Crippen LogP contribution in [0.15, 0.2) is 59.7 Å². The molecule has 270 valence electrons. The third-order valence-corrected chi connectivity index (χ3v) is 6.84. The number of nitrogens with one attached hydrogen (secondary N) is 4. The van der Waals surface area contributed by atoms with Crippen molar-refractivity contribution >= 4 is 35.2 Å². The highest BCUT2D eigenvalue weighted by Crippen LogP contribution is 2.17. The molecule has 0 unspecified atom stereocenters. The highest BCUT2D eigenvalue weighted by molar-refractivity contribution is 5.96. The van der Waals surface area contributed by atoms with Gasteiger partial charge in [0.2, 0.25) is 17.8 Å². The molecule has 0 aliphatic heterocycles. The van der Waals surface area contributed by atoms with E-state index < -0.39 is 0 Å². The molecule has 0 saturated carbocycles. The van der Waals surface area contributed by atoms with E-state index in [1.54, 1.807) is 24.3 Å². The van der Waals surface area contributed by atoms with Gasteiger partial charge in [0.05, 0.1) is 46.2 Å². The molecule has 0 bridgehead atoms. The van der Waals surface area contributed by atoms with Crippen LogP contribution in [-0.2, 0) is 18.9 Å². The number of hydrogen-bond acceptors (Lipinski definition) is 13. The maximum atomic E-state index is 12.5. The van der Waals surface area contributed by atoms with Crippen LogP contribution in [0.3, 0.4) is 0 Å². The molecule has 16 nitrogen and oxygen atoms in total. The number of benzene rings is 2. The van der Waals surface area contributed by atoms with Gasteiger partial charge in [0.15, 0.2) is 5.78 Å². The molecule has 0 aliphatic carbocycles. The highest BCUT2D eigenvalue weighted by atomic mass is 16.5. The lowest BCUT2D eigenvalue weighted by atomic mass is 10.1. The maximum Gasteiger partial charge on any atom is 0.251 e. The van der Waals surface area contributed by atoms with Crippen LogP contribution in [0, 0.1) is 0 Å². The van der Waals surface area contributed by atoms with Gasteiger partial charge in [-0.2, -0.15) is 15.0 Å². The monoisotopic (exact) mass is 692 g/mol. The number of aromatic nitrogens is 3. The Kier molecular flexibility index (Phi) is 19.9. The number of rotatable bonds is 28. The lowest BCUT2D eigenvalue weighted by molar-refractivity contribution is 0.0497. The lowest BCUT2D eigenvalue weighted by Crippen LogP contribution is -2.27. The Balaban J connectivity index is 1.35. The van der Waals surface area contributed by atoms with E-state index in [4.69, 9.17) is 24.5 Å². The third kappa shape index (κ3) is 17.0. The normalized spacial score (nSPS) is 10.7. The summed E-state index contributed by atoms with van der Waals surface area (Å²) in [4.78, 5) is 40.8. The van der Waals surface area contributed by atoms with Gasteiger partial charge >= 0.3 is 0 Å². The number of carbonyl (C=O) groups excluding carboxylic acids is 2. The van der Waals surface area contributed by atoms with Crippen molar-refractivity contribution in [1.29, 1.82) is 0 Å². The molecule has 0 radical (unpaired) electrons. The quantitative estimate of drug-likeness (QED) is 0.0261. The van der Waals surface area contributed by atoms with E-state index in [1.807, 2.05) is 30.3 Å². The van der Waals surface area contributed by atoms with Gasteiger partial charge in [-0.25, -0.2) is 0 Å². The Morgan fingerprint density at radius 3 is 2.00 bits per heavy atom. The van der Waals surface area contributed by atoms with Gasteiger partial charge in [0, 0.05) is 60.9 Å². The van der Waals surface area contributed by atoms with Gasteiger partial charge in [-0.05, 0) is 42.6 Å². The Morgan fingerprint density at radius 1 is 0.700 bits per heavy atom. The zero-order valence-corrected chi connectivity index (χ0v) is 28.6. The topological polar surface area (TPSA) is 207 Å². The number of Topliss-reactive ketones (excluding diaryl/α,β-unsaturated/α-hetero) is 1. The number of amides is 1. The molecular weight excluding hydrogens is 644 g/mol. The minimum atomic E-state index is -0.219. The average Bonchev–Trinajstić information content (AvgIpc) is 3.13. The van der Waals surface area contributed by atoms with Crippen LogP contribution in [0.4, 0.5) is 23.5 Å². The second-order valence-corrected chi connectivity index (χ2v) is 10.8. The molecule has 1 heterocycles. The summed E-state index contributed by atoms with van der Waals surface area (Å²) in [5.74, 6) is 1.08. The van der Waals surface area contributed by atoms with E-state index in [0.29, 0.717) is 108 Å². The molecule has 3 rings (SSSR count). The van der Waals surface area contributed by atoms with Crippen LogP contribution in [0.5, 0.6) is 0 Å². The fourth-order valence-electron chi connectivity index (χ4n) is 4.27. The zero-order chi connectivity index (χ0) is 35.5. The molecule has 0 fully saturated rings. The van der Waals surface area contributed by atoms with Gasteiger partial charge in [-0.1, -0.05) is 48.8 Å². The van der Waals surface area contributed by atoms with Crippen LogP contribution in [-0.4, -0.2) is 106 Å². The van der Waals surface area contributed by atoms with E-state index in [2.05, 4.69) is 53.2 Å². The number of ketones is 1. The summed E-state index contributed by atoms with van der Waals surface area (Å²) in [5.41, 5.74) is 10.2. The number of unbranched alkanes of at least 4 members (excludes halogenated alkanes) is 1. The summed E-state index contributed by atoms with van der Waals surface area (Å²) in [6.45, 7) is 7.19. The molecule has 3 aromatic rings. The lowest BCUT2D eigenvalue weighted by Gasteiger charge is -2.12. The Hall–Kier alpha value is -4.86. The number of ether oxygens (including phenoxy) is 4. The Labute approximate surface area is 292 Å². The summed E-state index contributed by atoms with van der Waals surface area (Å²) >= 11 is 0. The van der Waals surface area contributed by atoms with Gasteiger partial charge in [0.1, 0.15) is 0 Å². The van der Waals surface area contributed by atoms with Crippen molar-refractivity contribution in [3.05, 3.63) is 76.2 Å². The first-order valence-corrected chi connectivity index (χ1v) is 16.9. The number of hydrogen-bond donors (Lipinski definition) is 4. The smallest absolute Gasteiger partial charge is 0.251 e. The molecule has 0 spiro atoms. The molecule has 0 aliphatic rings. The first-order chi connectivity index (χ1) is 24.6. The van der Waals surface area contributed by atoms with E-state index >= 15 is 0 Å². The standard InChI is InChI=1S/C34H48N10O6/c1-2-3-15-37-32-41-33(38-17-21-49-24-23-47-19-7-10-30(45)27-8-5-4-6-9-27)43-34(42-32)40-29-13-11-28(12-14-29)31(46)36-16-20-48-25-26-50-22-18-39-44-35/h4-6,8-9,11-14H,2-3,7,10,15-26H2,1H3,(H,36,46)(H3,37,38,40,41,42,43). The zero-order valence-electron chi connectivity index (χ0n) is 28.6. The predicted molar refractivity (Wildman–Crippen MR) is 191 cm³/mol. The highest BCUT2D eigenvalue weighted by Gasteiger charge is 2.09. The van der Waals surface area contributed by atoms with Crippen molar-refractivity contribution in [1.82, 2.24) is 20.3 Å². The fraction of sp³-hybridized carbons (Fsp3) is 0.500. The van der Waals surface area contributed by atoms with E-state index in [0.717, 1.165) is 24.9 Å². The Morgan fingerprint density at radius 2 is 1.32 bits per heavy atom. The largest absolute Gasteiger partial charge is 0.379 e. The molecule has 0 saturated heterocycles. The van der Waals surface area contributed by atoms with Gasteiger partial charge < -0.3 is 40.2 Å². The van der Waals surface area contributed by atoms with Crippen molar-refractivity contribution in [2.75, 3.05) is 95.0 Å². The maximum absolute atomic E-state index is 12.5. The number of nitrogens with zero attached hydrogens (tertiary/aromatic N) is 6. The molecular formula is C34H48N10O6. The minimum absolute atomic E-state index is 0.120. The van der Waals surface area contributed by atoms with E-state index in [9.17, 15) is 9.59 Å². The first kappa shape index (κ1) is 39.6. The SMILES string of the molecule is CCCCNc1nc(NCCOCCOCCCC(=O)c2ccccc2)nc(Nc2ccc(C(=O)NCCOCCOCCN=[N+]=[N-])cc2)n1. The molecule has 1 amide bonds. The van der Waals surface area contributed by atoms with E-state index in [-0.39, 0.29) is 18.2 Å². The van der Waals surface area contributed by atoms with Gasteiger partial charge in [0.25, 0.3) is 5.91 Å². The minimum Gasteiger partial charge on any atom is -0.379 e. The second kappa shape index (κ2) is 25.2. The first-order valence-electron chi connectivity index (χ1n) is 16.9. The molecule has 1 aromatic heterocycles. The van der Waals surface area contributed by atoms with Crippen LogP contribution >= 0.6 is 0 Å². The summed E-state index contributed by atoms with van der Waals surface area (Å²) in [6.07, 6.45) is 3.12. The van der Waals surface area contributed by atoms with Crippen molar-refractivity contribution in [3.63, 3.8) is 0 Å². The van der Waals surface area contributed by atoms with Crippen molar-refractivity contribution in [3.8, 4) is 0 Å². The van der Waals surface area contributed by atoms with Crippen molar-refractivity contribution in [2.24, 2.45) is 5.11 Å². The molecule has 0 atom stereocenters. The van der Waals surface area contributed by atoms with Crippen LogP contribution in [0.2, 0.25) is 0 Å². The van der Waals surface area contributed by atoms with Crippen LogP contribution < -0.4 is 21.3 Å². The summed E-state index contributed by atoms with van der Waals surface area (Å²) in [5, 5.41) is 15.8. The van der Waals surface area contributed by atoms with Crippen LogP contribution in [0.25, 0.3) is 10.4 Å². The van der Waals surface area contributed by atoms with Crippen LogP contribution in [0.1, 0.15) is 53.3 Å². The third-order valence-electron chi connectivity index (χ3n) is 6.84. The van der Waals surface area contributed by atoms with Crippen molar-refractivity contribution < 1.29 is 28.5 Å².